The Morgan fingerprint density at radius 2 is 2.58 bits per heavy atom. The number of hydrogen-bond donors (Lipinski definition) is 0. The van der Waals surface area contributed by atoms with Gasteiger partial charge in [-0.1, -0.05) is 6.08 Å². The molecule has 1 aliphatic heterocycles. The van der Waals surface area contributed by atoms with Crippen LogP contribution >= 0.6 is 0 Å². The van der Waals surface area contributed by atoms with Crippen molar-refractivity contribution in [3.63, 3.8) is 0 Å². The summed E-state index contributed by atoms with van der Waals surface area (Å²) in [5, 5.41) is 0. The van der Waals surface area contributed by atoms with Crippen molar-refractivity contribution < 1.29 is 14.3 Å². The van der Waals surface area contributed by atoms with Gasteiger partial charge >= 0.3 is 5.97 Å². The van der Waals surface area contributed by atoms with Gasteiger partial charge in [0.1, 0.15) is 6.10 Å². The molecule has 3 heteroatoms. The molecule has 1 rings (SSSR count). The summed E-state index contributed by atoms with van der Waals surface area (Å²) < 4.78 is 10.3. The molecule has 0 aromatic carbocycles. The molecule has 0 spiro atoms. The molecule has 0 bridgehead atoms. The molecule has 0 aliphatic carbocycles. The maximum Gasteiger partial charge on any atom is 0.306 e. The summed E-state index contributed by atoms with van der Waals surface area (Å²) in [5.74, 6) is -0.129. The summed E-state index contributed by atoms with van der Waals surface area (Å²) in [7, 11) is 1.64. The topological polar surface area (TPSA) is 35.5 Å². The molecule has 0 radical (unpaired) electrons. The van der Waals surface area contributed by atoms with E-state index in [0.717, 1.165) is 6.42 Å². The number of ether oxygens (including phenoxy) is 2. The summed E-state index contributed by atoms with van der Waals surface area (Å²) in [6, 6.07) is 0. The van der Waals surface area contributed by atoms with Gasteiger partial charge < -0.3 is 9.47 Å². The van der Waals surface area contributed by atoms with Crippen molar-refractivity contribution in [2.75, 3.05) is 7.11 Å². The molecule has 12 heavy (non-hydrogen) atoms. The van der Waals surface area contributed by atoms with Gasteiger partial charge in [-0.2, -0.15) is 0 Å². The van der Waals surface area contributed by atoms with Crippen LogP contribution in [0.4, 0.5) is 0 Å². The van der Waals surface area contributed by atoms with Crippen molar-refractivity contribution in [3.05, 3.63) is 12.7 Å². The highest BCUT2D eigenvalue weighted by molar-refractivity contribution is 5.70. The minimum atomic E-state index is -0.131. The second-order valence-electron chi connectivity index (χ2n) is 2.87. The van der Waals surface area contributed by atoms with Crippen LogP contribution in [0.2, 0.25) is 0 Å². The number of esters is 1. The molecule has 3 nitrogen and oxygen atoms in total. The molecule has 1 unspecified atom stereocenters. The lowest BCUT2D eigenvalue weighted by molar-refractivity contribution is -0.165. The van der Waals surface area contributed by atoms with Gasteiger partial charge in [0.25, 0.3) is 0 Å². The Bertz CT molecular complexity index is 177. The number of rotatable bonds is 3. The quantitative estimate of drug-likeness (QED) is 0.473. The van der Waals surface area contributed by atoms with Crippen LogP contribution < -0.4 is 0 Å². The molecule has 2 atom stereocenters. The molecule has 0 saturated carbocycles. The first-order chi connectivity index (χ1) is 5.77. The number of methoxy groups -OCH3 is 1. The van der Waals surface area contributed by atoms with Gasteiger partial charge in [0.2, 0.25) is 0 Å². The van der Waals surface area contributed by atoms with Gasteiger partial charge in [0.15, 0.2) is 0 Å². The van der Waals surface area contributed by atoms with Crippen LogP contribution in [0.25, 0.3) is 0 Å². The lowest BCUT2D eigenvalue weighted by Crippen LogP contribution is -2.37. The van der Waals surface area contributed by atoms with E-state index < -0.39 is 0 Å². The summed E-state index contributed by atoms with van der Waals surface area (Å²) in [4.78, 5) is 10.9. The molecule has 1 fully saturated rings. The van der Waals surface area contributed by atoms with Gasteiger partial charge in [-0.15, -0.1) is 6.58 Å². The predicted molar refractivity (Wildman–Crippen MR) is 44.7 cm³/mol. The normalized spacial score (nSPS) is 29.6. The van der Waals surface area contributed by atoms with E-state index >= 15 is 0 Å². The predicted octanol–water partition coefficient (Wildman–Crippen LogP) is 1.28. The third-order valence-electron chi connectivity index (χ3n) is 2.03. The monoisotopic (exact) mass is 170 g/mol. The van der Waals surface area contributed by atoms with Crippen molar-refractivity contribution in [1.82, 2.24) is 0 Å². The Kier molecular flexibility index (Phi) is 3.29. The third-order valence-corrected chi connectivity index (χ3v) is 2.03. The largest absolute Gasteiger partial charge is 0.459 e. The first-order valence-corrected chi connectivity index (χ1v) is 4.11. The van der Waals surface area contributed by atoms with E-state index in [1.54, 1.807) is 13.2 Å². The van der Waals surface area contributed by atoms with Gasteiger partial charge in [0, 0.05) is 20.0 Å². The van der Waals surface area contributed by atoms with Crippen LogP contribution in [0.15, 0.2) is 12.7 Å². The first-order valence-electron chi connectivity index (χ1n) is 4.11. The van der Waals surface area contributed by atoms with Crippen LogP contribution in [0, 0.1) is 0 Å². The SMILES string of the molecule is C=CC[C@@H]1OC(=O)CCC1OC. The Labute approximate surface area is 72.4 Å². The number of hydrogen-bond acceptors (Lipinski definition) is 3. The second-order valence-corrected chi connectivity index (χ2v) is 2.87. The van der Waals surface area contributed by atoms with Crippen LogP contribution in [0.5, 0.6) is 0 Å². The second kappa shape index (κ2) is 4.26. The van der Waals surface area contributed by atoms with Crippen molar-refractivity contribution in [2.45, 2.75) is 31.5 Å². The highest BCUT2D eigenvalue weighted by Gasteiger charge is 2.29. The lowest BCUT2D eigenvalue weighted by Gasteiger charge is -2.29. The summed E-state index contributed by atoms with van der Waals surface area (Å²) in [6.45, 7) is 3.60. The maximum absolute atomic E-state index is 10.9. The molecule has 0 N–H and O–H groups in total. The minimum Gasteiger partial charge on any atom is -0.459 e. The average Bonchev–Trinajstić information content (AvgIpc) is 2.05. The number of carbonyl (C=O) groups excluding carboxylic acids is 1. The van der Waals surface area contributed by atoms with Gasteiger partial charge in [-0.3, -0.25) is 4.79 Å². The minimum absolute atomic E-state index is 0.0423. The lowest BCUT2D eigenvalue weighted by atomic mass is 10.0. The molecular formula is C9H14O3. The Morgan fingerprint density at radius 1 is 1.83 bits per heavy atom. The fourth-order valence-electron chi connectivity index (χ4n) is 1.38. The Morgan fingerprint density at radius 3 is 3.17 bits per heavy atom. The van der Waals surface area contributed by atoms with Crippen molar-refractivity contribution in [1.29, 1.82) is 0 Å². The molecule has 0 aromatic rings. The molecule has 0 amide bonds. The van der Waals surface area contributed by atoms with Gasteiger partial charge in [0.05, 0.1) is 6.10 Å². The maximum atomic E-state index is 10.9. The van der Waals surface area contributed by atoms with Crippen molar-refractivity contribution in [2.24, 2.45) is 0 Å². The van der Waals surface area contributed by atoms with Crippen LogP contribution in [-0.2, 0) is 14.3 Å². The van der Waals surface area contributed by atoms with Gasteiger partial charge in [-0.05, 0) is 6.42 Å². The van der Waals surface area contributed by atoms with E-state index in [1.807, 2.05) is 0 Å². The molecule has 0 aromatic heterocycles. The average molecular weight is 170 g/mol. The zero-order chi connectivity index (χ0) is 8.97. The smallest absolute Gasteiger partial charge is 0.306 e. The number of cyclic esters (lactones) is 1. The van der Waals surface area contributed by atoms with Crippen LogP contribution in [0.3, 0.4) is 0 Å². The highest BCUT2D eigenvalue weighted by atomic mass is 16.6. The third kappa shape index (κ3) is 2.08. The van der Waals surface area contributed by atoms with Crippen LogP contribution in [0.1, 0.15) is 19.3 Å². The van der Waals surface area contributed by atoms with Crippen LogP contribution in [-0.4, -0.2) is 25.3 Å². The molecule has 1 saturated heterocycles. The van der Waals surface area contributed by atoms with Crippen molar-refractivity contribution >= 4 is 5.97 Å². The fourth-order valence-corrected chi connectivity index (χ4v) is 1.38. The molecule has 1 aliphatic rings. The standard InChI is InChI=1S/C9H14O3/c1-3-4-8-7(11-2)5-6-9(10)12-8/h3,7-8H,1,4-6H2,2H3/t7?,8-/m0/s1. The van der Waals surface area contributed by atoms with E-state index in [9.17, 15) is 4.79 Å². The summed E-state index contributed by atoms with van der Waals surface area (Å²) in [6.07, 6.45) is 3.55. The zero-order valence-corrected chi connectivity index (χ0v) is 7.29. The van der Waals surface area contributed by atoms with E-state index in [4.69, 9.17) is 9.47 Å². The molecular weight excluding hydrogens is 156 g/mol. The van der Waals surface area contributed by atoms with E-state index in [1.165, 1.54) is 0 Å². The fraction of sp³-hybridized carbons (Fsp3) is 0.667. The van der Waals surface area contributed by atoms with Gasteiger partial charge in [-0.25, -0.2) is 0 Å². The zero-order valence-electron chi connectivity index (χ0n) is 7.29. The van der Waals surface area contributed by atoms with E-state index in [0.29, 0.717) is 12.8 Å². The number of carbonyl (C=O) groups is 1. The Hall–Kier alpha value is -0.830. The summed E-state index contributed by atoms with van der Waals surface area (Å²) >= 11 is 0. The molecule has 68 valence electrons. The highest BCUT2D eigenvalue weighted by Crippen LogP contribution is 2.20. The first kappa shape index (κ1) is 9.26. The van der Waals surface area contributed by atoms with E-state index in [-0.39, 0.29) is 18.2 Å². The molecule has 1 heterocycles. The summed E-state index contributed by atoms with van der Waals surface area (Å²) in [5.41, 5.74) is 0. The van der Waals surface area contributed by atoms with E-state index in [2.05, 4.69) is 6.58 Å². The van der Waals surface area contributed by atoms with Crippen molar-refractivity contribution in [3.8, 4) is 0 Å². The Balaban J connectivity index is 2.50.